The third kappa shape index (κ3) is 3.91. The lowest BCUT2D eigenvalue weighted by atomic mass is 10.3. The topological polar surface area (TPSA) is 41.1 Å². The van der Waals surface area contributed by atoms with Crippen LogP contribution in [0.5, 0.6) is 0 Å². The zero-order valence-electron chi connectivity index (χ0n) is 10.3. The van der Waals surface area contributed by atoms with E-state index in [4.69, 9.17) is 11.6 Å². The van der Waals surface area contributed by atoms with Gasteiger partial charge in [-0.1, -0.05) is 29.8 Å². The minimum absolute atomic E-state index is 0.292. The van der Waals surface area contributed by atoms with Gasteiger partial charge in [-0.3, -0.25) is 0 Å². The largest absolute Gasteiger partial charge is 0.323 e. The Kier molecular flexibility index (Phi) is 4.71. The zero-order valence-corrected chi connectivity index (χ0v) is 11.9. The van der Waals surface area contributed by atoms with Gasteiger partial charge < -0.3 is 10.6 Å². The zero-order chi connectivity index (χ0) is 13.7. The van der Waals surface area contributed by atoms with E-state index in [1.807, 2.05) is 48.7 Å². The molecule has 2 aromatic carbocycles. The molecule has 3 nitrogen and oxygen atoms in total. The normalized spacial score (nSPS) is 10.0. The number of para-hydroxylation sites is 1. The number of nitrogens with one attached hydrogen (secondary N) is 2. The number of amides is 2. The van der Waals surface area contributed by atoms with Crippen molar-refractivity contribution in [3.05, 3.63) is 53.6 Å². The van der Waals surface area contributed by atoms with Crippen LogP contribution in [0, 0.1) is 0 Å². The molecule has 0 bridgehead atoms. The molecule has 0 aromatic heterocycles. The molecule has 5 heteroatoms. The highest BCUT2D eigenvalue weighted by atomic mass is 35.5. The van der Waals surface area contributed by atoms with Crippen molar-refractivity contribution in [2.24, 2.45) is 0 Å². The van der Waals surface area contributed by atoms with Crippen LogP contribution in [0.4, 0.5) is 16.2 Å². The molecule has 0 saturated carbocycles. The van der Waals surface area contributed by atoms with Crippen LogP contribution in [0.25, 0.3) is 0 Å². The summed E-state index contributed by atoms with van der Waals surface area (Å²) in [6.45, 7) is 0. The Labute approximate surface area is 121 Å². The Morgan fingerprint density at radius 1 is 1.05 bits per heavy atom. The fraction of sp³-hybridized carbons (Fsp3) is 0.0714. The smallest absolute Gasteiger partial charge is 0.308 e. The van der Waals surface area contributed by atoms with E-state index < -0.39 is 0 Å². The molecule has 2 aromatic rings. The standard InChI is InChI=1S/C14H13ClN2OS/c1-19-13-8-7-11(9-12(13)15)17-14(18)16-10-5-3-2-4-6-10/h2-9H,1H3,(H2,16,17,18). The van der Waals surface area contributed by atoms with Gasteiger partial charge in [-0.15, -0.1) is 11.8 Å². The first-order chi connectivity index (χ1) is 9.19. The first-order valence-electron chi connectivity index (χ1n) is 5.65. The summed E-state index contributed by atoms with van der Waals surface area (Å²) in [5.41, 5.74) is 1.41. The maximum Gasteiger partial charge on any atom is 0.323 e. The molecule has 0 aliphatic rings. The molecular weight excluding hydrogens is 280 g/mol. The molecule has 0 unspecified atom stereocenters. The predicted molar refractivity (Wildman–Crippen MR) is 82.3 cm³/mol. The van der Waals surface area contributed by atoms with Crippen molar-refractivity contribution in [3.8, 4) is 0 Å². The van der Waals surface area contributed by atoms with Crippen LogP contribution in [0.3, 0.4) is 0 Å². The number of anilines is 2. The van der Waals surface area contributed by atoms with Gasteiger partial charge in [0, 0.05) is 16.3 Å². The molecule has 0 saturated heterocycles. The molecular formula is C14H13ClN2OS. The number of hydrogen-bond donors (Lipinski definition) is 2. The summed E-state index contributed by atoms with van der Waals surface area (Å²) in [5, 5.41) is 6.11. The van der Waals surface area contributed by atoms with Crippen molar-refractivity contribution in [2.45, 2.75) is 4.90 Å². The summed E-state index contributed by atoms with van der Waals surface area (Å²) < 4.78 is 0. The van der Waals surface area contributed by atoms with Crippen molar-refractivity contribution in [2.75, 3.05) is 16.9 Å². The third-order valence-electron chi connectivity index (χ3n) is 2.44. The number of urea groups is 1. The summed E-state index contributed by atoms with van der Waals surface area (Å²) in [7, 11) is 0. The SMILES string of the molecule is CSc1ccc(NC(=O)Nc2ccccc2)cc1Cl. The molecule has 2 amide bonds. The van der Waals surface area contributed by atoms with Gasteiger partial charge in [0.2, 0.25) is 0 Å². The number of thioether (sulfide) groups is 1. The molecule has 0 fully saturated rings. The van der Waals surface area contributed by atoms with E-state index in [0.717, 1.165) is 10.6 Å². The first kappa shape index (κ1) is 13.8. The van der Waals surface area contributed by atoms with Gasteiger partial charge in [0.15, 0.2) is 0 Å². The van der Waals surface area contributed by atoms with Crippen LogP contribution in [0.2, 0.25) is 5.02 Å². The number of rotatable bonds is 3. The second kappa shape index (κ2) is 6.50. The fourth-order valence-electron chi connectivity index (χ4n) is 1.56. The maximum absolute atomic E-state index is 11.8. The highest BCUT2D eigenvalue weighted by Crippen LogP contribution is 2.27. The first-order valence-corrected chi connectivity index (χ1v) is 7.26. The molecule has 2 N–H and O–H groups in total. The molecule has 98 valence electrons. The minimum Gasteiger partial charge on any atom is -0.308 e. The molecule has 0 radical (unpaired) electrons. The van der Waals surface area contributed by atoms with Crippen LogP contribution in [0.15, 0.2) is 53.4 Å². The van der Waals surface area contributed by atoms with Gasteiger partial charge in [0.25, 0.3) is 0 Å². The van der Waals surface area contributed by atoms with Gasteiger partial charge in [-0.25, -0.2) is 4.79 Å². The molecule has 19 heavy (non-hydrogen) atoms. The van der Waals surface area contributed by atoms with Crippen molar-refractivity contribution in [1.29, 1.82) is 0 Å². The summed E-state index contributed by atoms with van der Waals surface area (Å²) in [4.78, 5) is 12.8. The van der Waals surface area contributed by atoms with Gasteiger partial charge >= 0.3 is 6.03 Å². The van der Waals surface area contributed by atoms with Crippen LogP contribution in [-0.2, 0) is 0 Å². The summed E-state index contributed by atoms with van der Waals surface area (Å²) in [5.74, 6) is 0. The van der Waals surface area contributed by atoms with Crippen molar-refractivity contribution < 1.29 is 4.79 Å². The molecule has 0 atom stereocenters. The molecule has 0 aliphatic heterocycles. The number of hydrogen-bond acceptors (Lipinski definition) is 2. The van der Waals surface area contributed by atoms with Gasteiger partial charge in [0.1, 0.15) is 0 Å². The number of carbonyl (C=O) groups excluding carboxylic acids is 1. The lowest BCUT2D eigenvalue weighted by Gasteiger charge is -2.09. The second-order valence-electron chi connectivity index (χ2n) is 3.79. The van der Waals surface area contributed by atoms with E-state index in [0.29, 0.717) is 10.7 Å². The van der Waals surface area contributed by atoms with Gasteiger partial charge in [0.05, 0.1) is 5.02 Å². The molecule has 0 aliphatic carbocycles. The van der Waals surface area contributed by atoms with Crippen LogP contribution < -0.4 is 10.6 Å². The van der Waals surface area contributed by atoms with E-state index in [1.54, 1.807) is 17.8 Å². The van der Waals surface area contributed by atoms with Crippen molar-refractivity contribution in [1.82, 2.24) is 0 Å². The average Bonchev–Trinajstić information content (AvgIpc) is 2.40. The van der Waals surface area contributed by atoms with Gasteiger partial charge in [-0.2, -0.15) is 0 Å². The molecule has 0 heterocycles. The summed E-state index contributed by atoms with van der Waals surface area (Å²) >= 11 is 7.65. The molecule has 2 rings (SSSR count). The van der Waals surface area contributed by atoms with Gasteiger partial charge in [-0.05, 0) is 36.6 Å². The maximum atomic E-state index is 11.8. The predicted octanol–water partition coefficient (Wildman–Crippen LogP) is 4.71. The second-order valence-corrected chi connectivity index (χ2v) is 5.05. The van der Waals surface area contributed by atoms with Crippen molar-refractivity contribution >= 4 is 40.8 Å². The highest BCUT2D eigenvalue weighted by Gasteiger charge is 2.05. The quantitative estimate of drug-likeness (QED) is 0.805. The monoisotopic (exact) mass is 292 g/mol. The Hall–Kier alpha value is -1.65. The lowest BCUT2D eigenvalue weighted by molar-refractivity contribution is 0.262. The van der Waals surface area contributed by atoms with Crippen LogP contribution >= 0.6 is 23.4 Å². The Morgan fingerprint density at radius 3 is 2.37 bits per heavy atom. The Balaban J connectivity index is 2.01. The average molecular weight is 293 g/mol. The lowest BCUT2D eigenvalue weighted by Crippen LogP contribution is -2.19. The van der Waals surface area contributed by atoms with E-state index in [2.05, 4.69) is 10.6 Å². The molecule has 0 spiro atoms. The minimum atomic E-state index is -0.292. The Morgan fingerprint density at radius 2 is 1.74 bits per heavy atom. The van der Waals surface area contributed by atoms with E-state index in [-0.39, 0.29) is 6.03 Å². The van der Waals surface area contributed by atoms with E-state index in [1.165, 1.54) is 0 Å². The highest BCUT2D eigenvalue weighted by molar-refractivity contribution is 7.98. The summed E-state index contributed by atoms with van der Waals surface area (Å²) in [6, 6.07) is 14.4. The fourth-order valence-corrected chi connectivity index (χ4v) is 2.43. The Bertz CT molecular complexity index is 575. The number of halogens is 1. The van der Waals surface area contributed by atoms with Crippen LogP contribution in [-0.4, -0.2) is 12.3 Å². The number of benzene rings is 2. The third-order valence-corrected chi connectivity index (χ3v) is 3.66. The number of carbonyl (C=O) groups is 1. The van der Waals surface area contributed by atoms with Crippen LogP contribution in [0.1, 0.15) is 0 Å². The van der Waals surface area contributed by atoms with E-state index in [9.17, 15) is 4.79 Å². The van der Waals surface area contributed by atoms with E-state index >= 15 is 0 Å². The summed E-state index contributed by atoms with van der Waals surface area (Å²) in [6.07, 6.45) is 1.95. The van der Waals surface area contributed by atoms with Crippen molar-refractivity contribution in [3.63, 3.8) is 0 Å².